The summed E-state index contributed by atoms with van der Waals surface area (Å²) in [5.41, 5.74) is -0.0822. The second kappa shape index (κ2) is 10.6. The van der Waals surface area contributed by atoms with E-state index in [4.69, 9.17) is 11.6 Å². The van der Waals surface area contributed by atoms with Crippen LogP contribution in [0, 0.1) is 5.92 Å². The van der Waals surface area contributed by atoms with Crippen LogP contribution in [0.3, 0.4) is 0 Å². The van der Waals surface area contributed by atoms with Crippen LogP contribution >= 0.6 is 11.6 Å². The normalized spacial score (nSPS) is 14.4. The first-order valence-corrected chi connectivity index (χ1v) is 12.3. The molecular formula is C24H22ClF3N8O3. The zero-order chi connectivity index (χ0) is 27.7. The van der Waals surface area contributed by atoms with Crippen molar-refractivity contribution in [2.45, 2.75) is 38.2 Å². The summed E-state index contributed by atoms with van der Waals surface area (Å²) in [4.78, 5) is 34.1. The number of hydrogen-bond donors (Lipinski definition) is 2. The van der Waals surface area contributed by atoms with E-state index in [0.29, 0.717) is 28.7 Å². The van der Waals surface area contributed by atoms with Crippen molar-refractivity contribution in [2.75, 3.05) is 6.54 Å². The van der Waals surface area contributed by atoms with E-state index in [0.717, 1.165) is 22.1 Å². The smallest absolute Gasteiger partial charge is 0.382 e. The van der Waals surface area contributed by atoms with E-state index in [1.165, 1.54) is 41.5 Å². The number of halogens is 4. The lowest BCUT2D eigenvalue weighted by molar-refractivity contribution is -0.207. The largest absolute Gasteiger partial charge is 0.416 e. The summed E-state index contributed by atoms with van der Waals surface area (Å²) in [6, 6.07) is 9.26. The Kier molecular flexibility index (Phi) is 7.23. The minimum Gasteiger partial charge on any atom is -0.382 e. The number of aliphatic hydroxyl groups excluding tert-OH is 1. The van der Waals surface area contributed by atoms with Gasteiger partial charge in [0.1, 0.15) is 12.9 Å². The quantitative estimate of drug-likeness (QED) is 0.320. The molecule has 0 radical (unpaired) electrons. The van der Waals surface area contributed by atoms with Crippen LogP contribution in [0.15, 0.2) is 53.7 Å². The number of alkyl halides is 3. The Labute approximate surface area is 223 Å². The molecule has 0 bridgehead atoms. The molecule has 4 aromatic rings. The molecule has 0 unspecified atom stereocenters. The lowest BCUT2D eigenvalue weighted by Crippen LogP contribution is -2.37. The predicted octanol–water partition coefficient (Wildman–Crippen LogP) is 2.45. The number of benzene rings is 1. The Morgan fingerprint density at radius 3 is 2.59 bits per heavy atom. The van der Waals surface area contributed by atoms with Crippen molar-refractivity contribution in [3.63, 3.8) is 0 Å². The highest BCUT2D eigenvalue weighted by Crippen LogP contribution is 2.28. The van der Waals surface area contributed by atoms with Crippen molar-refractivity contribution in [1.29, 1.82) is 0 Å². The van der Waals surface area contributed by atoms with Gasteiger partial charge in [-0.2, -0.15) is 13.2 Å². The number of hydrogen-bond acceptors (Lipinski definition) is 7. The van der Waals surface area contributed by atoms with Crippen LogP contribution in [-0.4, -0.2) is 63.9 Å². The Hall–Kier alpha value is -4.04. The van der Waals surface area contributed by atoms with E-state index in [1.807, 2.05) is 0 Å². The van der Waals surface area contributed by atoms with E-state index in [2.05, 4.69) is 25.5 Å². The van der Waals surface area contributed by atoms with E-state index in [1.54, 1.807) is 12.1 Å². The summed E-state index contributed by atoms with van der Waals surface area (Å²) < 4.78 is 42.2. The van der Waals surface area contributed by atoms with E-state index >= 15 is 0 Å². The van der Waals surface area contributed by atoms with Crippen LogP contribution < -0.4 is 11.0 Å². The fraction of sp³-hybridized carbons (Fsp3) is 0.333. The molecule has 15 heteroatoms. The second-order valence-electron chi connectivity index (χ2n) is 9.07. The lowest BCUT2D eigenvalue weighted by atomic mass is 10.2. The van der Waals surface area contributed by atoms with Crippen molar-refractivity contribution in [2.24, 2.45) is 5.92 Å². The van der Waals surface area contributed by atoms with Gasteiger partial charge in [0.25, 0.3) is 5.91 Å². The molecule has 1 aromatic carbocycles. The molecule has 0 saturated heterocycles. The molecule has 39 heavy (non-hydrogen) atoms. The Balaban J connectivity index is 1.43. The lowest BCUT2D eigenvalue weighted by Gasteiger charge is -2.15. The maximum atomic E-state index is 13.1. The van der Waals surface area contributed by atoms with Gasteiger partial charge in [-0.15, -0.1) is 10.2 Å². The molecule has 3 aromatic heterocycles. The highest BCUT2D eigenvalue weighted by Gasteiger charge is 2.39. The molecule has 5 rings (SSSR count). The zero-order valence-corrected chi connectivity index (χ0v) is 21.0. The average molecular weight is 563 g/mol. The maximum absolute atomic E-state index is 13.1. The molecule has 1 aliphatic rings. The molecule has 1 atom stereocenters. The molecule has 11 nitrogen and oxygen atoms in total. The van der Waals surface area contributed by atoms with E-state index < -0.39 is 24.5 Å². The molecule has 1 saturated carbocycles. The van der Waals surface area contributed by atoms with Gasteiger partial charge in [-0.25, -0.2) is 24.1 Å². The van der Waals surface area contributed by atoms with E-state index in [-0.39, 0.29) is 29.8 Å². The fourth-order valence-corrected chi connectivity index (χ4v) is 3.94. The zero-order valence-electron chi connectivity index (χ0n) is 20.2. The van der Waals surface area contributed by atoms with Crippen molar-refractivity contribution >= 4 is 17.5 Å². The summed E-state index contributed by atoms with van der Waals surface area (Å²) in [5.74, 6) is 0.128. The molecule has 0 spiro atoms. The molecule has 2 N–H and O–H groups in total. The number of carbonyl (C=O) groups is 1. The highest BCUT2D eigenvalue weighted by atomic mass is 35.5. The third-order valence-corrected chi connectivity index (χ3v) is 6.34. The minimum absolute atomic E-state index is 0.0960. The second-order valence-corrected chi connectivity index (χ2v) is 9.51. The van der Waals surface area contributed by atoms with Gasteiger partial charge in [-0.3, -0.25) is 9.36 Å². The predicted molar refractivity (Wildman–Crippen MR) is 132 cm³/mol. The van der Waals surface area contributed by atoms with Gasteiger partial charge in [-0.1, -0.05) is 11.6 Å². The molecule has 204 valence electrons. The summed E-state index contributed by atoms with van der Waals surface area (Å²) in [5, 5.41) is 21.4. The van der Waals surface area contributed by atoms with Gasteiger partial charge in [0.15, 0.2) is 23.4 Å². The van der Waals surface area contributed by atoms with Crippen molar-refractivity contribution in [3.8, 4) is 17.1 Å². The highest BCUT2D eigenvalue weighted by molar-refractivity contribution is 6.30. The number of nitrogens with one attached hydrogen (secondary N) is 1. The molecule has 1 aliphatic carbocycles. The van der Waals surface area contributed by atoms with Crippen LogP contribution in [0.1, 0.15) is 29.2 Å². The number of nitrogens with zero attached hydrogens (tertiary/aromatic N) is 7. The van der Waals surface area contributed by atoms with Crippen LogP contribution in [0.5, 0.6) is 0 Å². The number of aliphatic hydroxyl groups is 1. The fourth-order valence-electron chi connectivity index (χ4n) is 3.82. The average Bonchev–Trinajstić information content (AvgIpc) is 3.55. The van der Waals surface area contributed by atoms with Gasteiger partial charge < -0.3 is 10.4 Å². The first-order chi connectivity index (χ1) is 18.6. The number of amides is 1. The Morgan fingerprint density at radius 2 is 1.90 bits per heavy atom. The molecule has 0 aliphatic heterocycles. The van der Waals surface area contributed by atoms with E-state index in [9.17, 15) is 27.9 Å². The monoisotopic (exact) mass is 562 g/mol. The minimum atomic E-state index is -4.94. The number of rotatable bonds is 9. The van der Waals surface area contributed by atoms with Crippen molar-refractivity contribution in [1.82, 2.24) is 39.4 Å². The van der Waals surface area contributed by atoms with Crippen LogP contribution in [0.4, 0.5) is 13.2 Å². The van der Waals surface area contributed by atoms with Gasteiger partial charge >= 0.3 is 11.9 Å². The third-order valence-electron chi connectivity index (χ3n) is 6.09. The third kappa shape index (κ3) is 6.01. The Bertz CT molecular complexity index is 1540. The van der Waals surface area contributed by atoms with Gasteiger partial charge in [0, 0.05) is 23.3 Å². The molecule has 3 heterocycles. The number of carbonyl (C=O) groups excluding carboxylic acids is 1. The van der Waals surface area contributed by atoms with Gasteiger partial charge in [-0.05, 0) is 55.2 Å². The summed E-state index contributed by atoms with van der Waals surface area (Å²) in [6.45, 7) is -0.787. The topological polar surface area (TPSA) is 133 Å². The standard InChI is InChI=1S/C24H22ClF3N8O3/c25-16-7-5-15(6-8-16)21-33-35(23(39)34(21)11-18(37)24(26,27)28)12-19-31-13-36(32-19)17-2-1-9-29-20(17)22(38)30-10-14-3-4-14/h1-2,5-9,13-14,18,37H,3-4,10-12H2,(H,30,38)/t18-/m0/s1. The summed E-state index contributed by atoms with van der Waals surface area (Å²) in [6.07, 6.45) is -2.76. The molecule has 1 fully saturated rings. The molecule has 1 amide bonds. The first kappa shape index (κ1) is 26.6. The van der Waals surface area contributed by atoms with Crippen LogP contribution in [-0.2, 0) is 13.1 Å². The van der Waals surface area contributed by atoms with Crippen molar-refractivity contribution in [3.05, 3.63) is 75.9 Å². The summed E-state index contributed by atoms with van der Waals surface area (Å²) >= 11 is 5.91. The maximum Gasteiger partial charge on any atom is 0.416 e. The van der Waals surface area contributed by atoms with Gasteiger partial charge in [0.05, 0.1) is 12.2 Å². The number of aromatic nitrogens is 7. The van der Waals surface area contributed by atoms with Crippen LogP contribution in [0.25, 0.3) is 17.1 Å². The van der Waals surface area contributed by atoms with Crippen molar-refractivity contribution < 1.29 is 23.1 Å². The van der Waals surface area contributed by atoms with Crippen LogP contribution in [0.2, 0.25) is 5.02 Å². The summed E-state index contributed by atoms with van der Waals surface area (Å²) in [7, 11) is 0. The SMILES string of the molecule is O=C(NCC1CC1)c1ncccc1-n1cnc(Cn2nc(-c3ccc(Cl)cc3)n(C[C@H](O)C(F)(F)F)c2=O)n1. The first-order valence-electron chi connectivity index (χ1n) is 11.9. The number of pyridine rings is 1. The Morgan fingerprint density at radius 1 is 1.15 bits per heavy atom. The molecular weight excluding hydrogens is 541 g/mol. The van der Waals surface area contributed by atoms with Gasteiger partial charge in [0.2, 0.25) is 0 Å².